The van der Waals surface area contributed by atoms with Crippen molar-refractivity contribution in [2.24, 2.45) is 5.92 Å². The first-order valence-electron chi connectivity index (χ1n) is 6.12. The summed E-state index contributed by atoms with van der Waals surface area (Å²) in [6, 6.07) is 1.90. The molecule has 1 unspecified atom stereocenters. The standard InChI is InChI=1S/C13H23N3OS/c1-8(2)11(7-16(4)5)15-13(17)12-6-10(14)9(3)18-12/h6,8,11H,7,14H2,1-5H3,(H,15,17). The number of carbonyl (C=O) groups excluding carboxylic acids is 1. The Morgan fingerprint density at radius 3 is 2.50 bits per heavy atom. The fourth-order valence-corrected chi connectivity index (χ4v) is 2.51. The highest BCUT2D eigenvalue weighted by molar-refractivity contribution is 7.14. The van der Waals surface area contributed by atoms with Gasteiger partial charge in [0.2, 0.25) is 0 Å². The maximum atomic E-state index is 12.1. The molecule has 0 spiro atoms. The first-order valence-corrected chi connectivity index (χ1v) is 6.94. The number of thiophene rings is 1. The molecule has 102 valence electrons. The second-order valence-electron chi connectivity index (χ2n) is 5.21. The van der Waals surface area contributed by atoms with Gasteiger partial charge < -0.3 is 16.0 Å². The minimum absolute atomic E-state index is 0.0275. The summed E-state index contributed by atoms with van der Waals surface area (Å²) in [5, 5.41) is 3.08. The van der Waals surface area contributed by atoms with E-state index in [1.165, 1.54) is 11.3 Å². The summed E-state index contributed by atoms with van der Waals surface area (Å²) in [6.07, 6.45) is 0. The van der Waals surface area contributed by atoms with Crippen LogP contribution in [0.2, 0.25) is 0 Å². The molecular formula is C13H23N3OS. The summed E-state index contributed by atoms with van der Waals surface area (Å²) in [5.74, 6) is 0.370. The summed E-state index contributed by atoms with van der Waals surface area (Å²) < 4.78 is 0. The van der Waals surface area contributed by atoms with E-state index in [4.69, 9.17) is 5.73 Å². The van der Waals surface area contributed by atoms with Crippen LogP contribution >= 0.6 is 11.3 Å². The van der Waals surface area contributed by atoms with Crippen molar-refractivity contribution >= 4 is 22.9 Å². The van der Waals surface area contributed by atoms with Gasteiger partial charge in [0.15, 0.2) is 0 Å². The Balaban J connectivity index is 2.72. The summed E-state index contributed by atoms with van der Waals surface area (Å²) in [4.78, 5) is 15.9. The fraction of sp³-hybridized carbons (Fsp3) is 0.615. The molecule has 18 heavy (non-hydrogen) atoms. The average molecular weight is 269 g/mol. The molecule has 4 nitrogen and oxygen atoms in total. The number of likely N-dealkylation sites (N-methyl/N-ethyl adjacent to an activating group) is 1. The second-order valence-corrected chi connectivity index (χ2v) is 6.46. The number of amides is 1. The first-order chi connectivity index (χ1) is 8.31. The molecule has 0 aliphatic rings. The van der Waals surface area contributed by atoms with E-state index < -0.39 is 0 Å². The van der Waals surface area contributed by atoms with Crippen LogP contribution in [0.3, 0.4) is 0 Å². The Bertz CT molecular complexity index is 393. The number of hydrogen-bond acceptors (Lipinski definition) is 4. The van der Waals surface area contributed by atoms with Gasteiger partial charge in [0, 0.05) is 23.2 Å². The van der Waals surface area contributed by atoms with Gasteiger partial charge in [0.1, 0.15) is 0 Å². The van der Waals surface area contributed by atoms with Crippen molar-refractivity contribution in [2.75, 3.05) is 26.4 Å². The molecule has 1 heterocycles. The van der Waals surface area contributed by atoms with Gasteiger partial charge in [-0.1, -0.05) is 13.8 Å². The number of nitrogens with two attached hydrogens (primary N) is 1. The van der Waals surface area contributed by atoms with E-state index in [9.17, 15) is 4.79 Å². The van der Waals surface area contributed by atoms with Crippen LogP contribution in [0.1, 0.15) is 28.4 Å². The maximum absolute atomic E-state index is 12.1. The zero-order valence-electron chi connectivity index (χ0n) is 11.8. The average Bonchev–Trinajstić information content (AvgIpc) is 2.57. The molecule has 1 aromatic heterocycles. The number of nitrogens with zero attached hydrogens (tertiary/aromatic N) is 1. The Labute approximate surface area is 113 Å². The quantitative estimate of drug-likeness (QED) is 0.859. The topological polar surface area (TPSA) is 58.4 Å². The Hall–Kier alpha value is -1.07. The molecule has 1 aromatic rings. The predicted molar refractivity (Wildman–Crippen MR) is 78.1 cm³/mol. The number of nitrogens with one attached hydrogen (secondary N) is 1. The third-order valence-corrected chi connectivity index (χ3v) is 3.93. The molecule has 0 saturated carbocycles. The number of anilines is 1. The normalized spacial score (nSPS) is 13.1. The van der Waals surface area contributed by atoms with E-state index >= 15 is 0 Å². The molecule has 0 radical (unpaired) electrons. The number of rotatable bonds is 5. The van der Waals surface area contributed by atoms with E-state index in [2.05, 4.69) is 24.1 Å². The van der Waals surface area contributed by atoms with E-state index in [-0.39, 0.29) is 11.9 Å². The predicted octanol–water partition coefficient (Wildman–Crippen LogP) is 1.95. The van der Waals surface area contributed by atoms with Crippen LogP contribution in [-0.4, -0.2) is 37.5 Å². The van der Waals surface area contributed by atoms with Crippen LogP contribution < -0.4 is 11.1 Å². The van der Waals surface area contributed by atoms with Crippen molar-refractivity contribution in [2.45, 2.75) is 26.8 Å². The highest BCUT2D eigenvalue weighted by Gasteiger charge is 2.19. The third-order valence-electron chi connectivity index (χ3n) is 2.86. The Morgan fingerprint density at radius 1 is 1.50 bits per heavy atom. The van der Waals surface area contributed by atoms with Crippen molar-refractivity contribution in [1.29, 1.82) is 0 Å². The van der Waals surface area contributed by atoms with Crippen LogP contribution in [0.15, 0.2) is 6.07 Å². The highest BCUT2D eigenvalue weighted by atomic mass is 32.1. The van der Waals surface area contributed by atoms with Crippen LogP contribution in [0.4, 0.5) is 5.69 Å². The summed E-state index contributed by atoms with van der Waals surface area (Å²) in [5.41, 5.74) is 6.47. The summed E-state index contributed by atoms with van der Waals surface area (Å²) in [6.45, 7) is 6.99. The molecule has 3 N–H and O–H groups in total. The molecule has 0 bridgehead atoms. The minimum atomic E-state index is -0.0275. The molecule has 1 amide bonds. The maximum Gasteiger partial charge on any atom is 0.261 e. The first kappa shape index (κ1) is 15.0. The smallest absolute Gasteiger partial charge is 0.261 e. The van der Waals surface area contributed by atoms with Crippen molar-refractivity contribution in [3.05, 3.63) is 15.8 Å². The molecule has 0 aliphatic heterocycles. The summed E-state index contributed by atoms with van der Waals surface area (Å²) in [7, 11) is 4.02. The van der Waals surface area contributed by atoms with E-state index in [1.54, 1.807) is 6.07 Å². The van der Waals surface area contributed by atoms with E-state index in [1.807, 2.05) is 21.0 Å². The van der Waals surface area contributed by atoms with Gasteiger partial charge in [-0.05, 0) is 33.0 Å². The third kappa shape index (κ3) is 3.99. The Kier molecular flexibility index (Phi) is 5.16. The van der Waals surface area contributed by atoms with Crippen molar-refractivity contribution < 1.29 is 4.79 Å². The van der Waals surface area contributed by atoms with Crippen LogP contribution in [0, 0.1) is 12.8 Å². The van der Waals surface area contributed by atoms with Gasteiger partial charge in [-0.15, -0.1) is 11.3 Å². The molecule has 0 fully saturated rings. The molecule has 0 aliphatic carbocycles. The lowest BCUT2D eigenvalue weighted by Crippen LogP contribution is -2.44. The minimum Gasteiger partial charge on any atom is -0.398 e. The lowest BCUT2D eigenvalue weighted by atomic mass is 10.0. The zero-order chi connectivity index (χ0) is 13.9. The molecular weight excluding hydrogens is 246 g/mol. The summed E-state index contributed by atoms with van der Waals surface area (Å²) >= 11 is 1.44. The monoisotopic (exact) mass is 269 g/mol. The highest BCUT2D eigenvalue weighted by Crippen LogP contribution is 2.23. The lowest BCUT2D eigenvalue weighted by Gasteiger charge is -2.25. The number of hydrogen-bond donors (Lipinski definition) is 2. The number of nitrogen functional groups attached to an aromatic ring is 1. The Morgan fingerprint density at radius 2 is 2.11 bits per heavy atom. The van der Waals surface area contributed by atoms with E-state index in [0.717, 1.165) is 11.4 Å². The van der Waals surface area contributed by atoms with Crippen LogP contribution in [0.5, 0.6) is 0 Å². The van der Waals surface area contributed by atoms with Crippen molar-refractivity contribution in [3.63, 3.8) is 0 Å². The van der Waals surface area contributed by atoms with Gasteiger partial charge in [-0.3, -0.25) is 4.79 Å². The van der Waals surface area contributed by atoms with Crippen LogP contribution in [0.25, 0.3) is 0 Å². The molecule has 1 rings (SSSR count). The van der Waals surface area contributed by atoms with E-state index in [0.29, 0.717) is 16.5 Å². The molecule has 0 aromatic carbocycles. The van der Waals surface area contributed by atoms with Gasteiger partial charge in [0.05, 0.1) is 4.88 Å². The number of carbonyl (C=O) groups is 1. The number of aryl methyl sites for hydroxylation is 1. The van der Waals surface area contributed by atoms with Crippen molar-refractivity contribution in [1.82, 2.24) is 10.2 Å². The van der Waals surface area contributed by atoms with Gasteiger partial charge in [-0.2, -0.15) is 0 Å². The molecule has 5 heteroatoms. The van der Waals surface area contributed by atoms with Gasteiger partial charge in [0.25, 0.3) is 5.91 Å². The second kappa shape index (κ2) is 6.20. The van der Waals surface area contributed by atoms with Gasteiger partial charge >= 0.3 is 0 Å². The molecule has 1 atom stereocenters. The SMILES string of the molecule is Cc1sc(C(=O)NC(CN(C)C)C(C)C)cc1N. The molecule has 0 saturated heterocycles. The lowest BCUT2D eigenvalue weighted by molar-refractivity contribution is 0.0921. The zero-order valence-corrected chi connectivity index (χ0v) is 12.6. The largest absolute Gasteiger partial charge is 0.398 e. The van der Waals surface area contributed by atoms with Crippen LogP contribution in [-0.2, 0) is 0 Å². The van der Waals surface area contributed by atoms with Crippen molar-refractivity contribution in [3.8, 4) is 0 Å². The van der Waals surface area contributed by atoms with Gasteiger partial charge in [-0.25, -0.2) is 0 Å². The fourth-order valence-electron chi connectivity index (χ4n) is 1.66.